The normalized spacial score (nSPS) is 11.8. The molecule has 9 nitrogen and oxygen atoms in total. The molecule has 0 aliphatic rings. The van der Waals surface area contributed by atoms with Gasteiger partial charge in [0.1, 0.15) is 24.1 Å². The van der Waals surface area contributed by atoms with Gasteiger partial charge < -0.3 is 19.7 Å². The van der Waals surface area contributed by atoms with Crippen molar-refractivity contribution in [3.05, 3.63) is 83.9 Å². The topological polar surface area (TPSA) is 105 Å². The largest absolute Gasteiger partial charge is 0.497 e. The van der Waals surface area contributed by atoms with E-state index in [1.165, 1.54) is 17.0 Å². The molecule has 0 saturated carbocycles. The molecule has 0 radical (unpaired) electrons. The number of hydrogen-bond donors (Lipinski definition) is 1. The lowest BCUT2D eigenvalue weighted by Crippen LogP contribution is -2.52. The summed E-state index contributed by atoms with van der Waals surface area (Å²) in [4.78, 5) is 28.8. The van der Waals surface area contributed by atoms with Gasteiger partial charge in [-0.1, -0.05) is 43.7 Å². The molecule has 0 bridgehead atoms. The van der Waals surface area contributed by atoms with Crippen molar-refractivity contribution in [3.63, 3.8) is 0 Å². The van der Waals surface area contributed by atoms with E-state index in [-0.39, 0.29) is 17.3 Å². The van der Waals surface area contributed by atoms with Crippen LogP contribution in [0.25, 0.3) is 0 Å². The van der Waals surface area contributed by atoms with Crippen LogP contribution in [0.15, 0.2) is 77.7 Å². The summed E-state index contributed by atoms with van der Waals surface area (Å²) in [5, 5.41) is 2.89. The Bertz CT molecular complexity index is 1410. The number of anilines is 1. The Morgan fingerprint density at radius 2 is 1.50 bits per heavy atom. The zero-order valence-electron chi connectivity index (χ0n) is 25.0. The van der Waals surface area contributed by atoms with E-state index in [1.54, 1.807) is 55.6 Å². The van der Waals surface area contributed by atoms with Crippen molar-refractivity contribution in [3.8, 4) is 11.5 Å². The Morgan fingerprint density at radius 3 is 2.05 bits per heavy atom. The van der Waals surface area contributed by atoms with E-state index in [4.69, 9.17) is 9.47 Å². The molecule has 3 aromatic rings. The van der Waals surface area contributed by atoms with E-state index in [0.29, 0.717) is 36.8 Å². The van der Waals surface area contributed by atoms with Crippen molar-refractivity contribution >= 4 is 27.5 Å². The highest BCUT2D eigenvalue weighted by atomic mass is 32.2. The van der Waals surface area contributed by atoms with Crippen molar-refractivity contribution < 1.29 is 27.5 Å². The van der Waals surface area contributed by atoms with Gasteiger partial charge in [-0.05, 0) is 80.8 Å². The average Bonchev–Trinajstić information content (AvgIpc) is 2.99. The minimum Gasteiger partial charge on any atom is -0.497 e. The van der Waals surface area contributed by atoms with Gasteiger partial charge in [0.15, 0.2) is 0 Å². The summed E-state index contributed by atoms with van der Waals surface area (Å²) in [6, 6.07) is 19.5. The molecule has 0 aliphatic heterocycles. The molecule has 0 fully saturated rings. The fourth-order valence-corrected chi connectivity index (χ4v) is 5.87. The number of carbonyl (C=O) groups is 2. The van der Waals surface area contributed by atoms with E-state index >= 15 is 0 Å². The van der Waals surface area contributed by atoms with Crippen LogP contribution in [0.5, 0.6) is 11.5 Å². The molecule has 3 aromatic carbocycles. The van der Waals surface area contributed by atoms with Gasteiger partial charge >= 0.3 is 0 Å². The van der Waals surface area contributed by atoms with Crippen LogP contribution in [-0.4, -0.2) is 58.0 Å². The molecule has 0 aromatic heterocycles. The minimum atomic E-state index is -4.15. The number of sulfonamides is 1. The van der Waals surface area contributed by atoms with E-state index in [0.717, 1.165) is 21.9 Å². The van der Waals surface area contributed by atoms with Crippen molar-refractivity contribution in [2.75, 3.05) is 31.1 Å². The molecule has 0 spiro atoms. The van der Waals surface area contributed by atoms with Gasteiger partial charge in [-0.2, -0.15) is 0 Å². The first-order chi connectivity index (χ1) is 20.1. The second-order valence-electron chi connectivity index (χ2n) is 9.84. The number of amides is 2. The Kier molecular flexibility index (Phi) is 11.8. The van der Waals surface area contributed by atoms with E-state index in [9.17, 15) is 18.0 Å². The first-order valence-electron chi connectivity index (χ1n) is 14.2. The summed E-state index contributed by atoms with van der Waals surface area (Å²) < 4.78 is 39.9. The highest BCUT2D eigenvalue weighted by molar-refractivity contribution is 7.92. The fraction of sp³-hybridized carbons (Fsp3) is 0.375. The summed E-state index contributed by atoms with van der Waals surface area (Å²) in [7, 11) is -2.58. The third kappa shape index (κ3) is 8.25. The molecular weight excluding hydrogens is 554 g/mol. The van der Waals surface area contributed by atoms with Crippen LogP contribution in [0, 0.1) is 6.92 Å². The van der Waals surface area contributed by atoms with Gasteiger partial charge in [-0.25, -0.2) is 8.42 Å². The van der Waals surface area contributed by atoms with Gasteiger partial charge in [-0.15, -0.1) is 0 Å². The summed E-state index contributed by atoms with van der Waals surface area (Å²) in [6.45, 7) is 8.06. The summed E-state index contributed by atoms with van der Waals surface area (Å²) >= 11 is 0. The molecule has 226 valence electrons. The standard InChI is InChI=1S/C32H41N3O6S/c1-6-21-33-32(37)30(7-2)34(22-25-11-15-27(40-5)16-12-25)31(36)23-35(26-13-17-28(18-14-26)41-8-3)42(38,39)29-19-9-24(4)10-20-29/h9-20,30H,6-8,21-23H2,1-5H3,(H,33,37)/t30-/m0/s1. The predicted molar refractivity (Wildman–Crippen MR) is 164 cm³/mol. The number of carbonyl (C=O) groups excluding carboxylic acids is 2. The Labute approximate surface area is 249 Å². The molecule has 1 N–H and O–H groups in total. The number of benzene rings is 3. The molecule has 42 heavy (non-hydrogen) atoms. The number of rotatable bonds is 15. The maximum absolute atomic E-state index is 14.1. The maximum atomic E-state index is 14.1. The van der Waals surface area contributed by atoms with Crippen LogP contribution in [0.4, 0.5) is 5.69 Å². The Morgan fingerprint density at radius 1 is 0.881 bits per heavy atom. The van der Waals surface area contributed by atoms with E-state index < -0.39 is 28.5 Å². The Hall–Kier alpha value is -4.05. The van der Waals surface area contributed by atoms with Crippen LogP contribution in [0.1, 0.15) is 44.7 Å². The molecular formula is C32H41N3O6S. The fourth-order valence-electron chi connectivity index (χ4n) is 4.45. The van der Waals surface area contributed by atoms with Gasteiger partial charge in [0.05, 0.1) is 24.3 Å². The predicted octanol–water partition coefficient (Wildman–Crippen LogP) is 4.93. The number of methoxy groups -OCH3 is 1. The molecule has 3 rings (SSSR count). The van der Waals surface area contributed by atoms with Crippen molar-refractivity contribution in [1.29, 1.82) is 0 Å². The highest BCUT2D eigenvalue weighted by Crippen LogP contribution is 2.27. The third-order valence-corrected chi connectivity index (χ3v) is 8.56. The zero-order chi connectivity index (χ0) is 30.7. The van der Waals surface area contributed by atoms with Crippen molar-refractivity contribution in [2.24, 2.45) is 0 Å². The zero-order valence-corrected chi connectivity index (χ0v) is 25.8. The quantitative estimate of drug-likeness (QED) is 0.267. The molecule has 0 saturated heterocycles. The van der Waals surface area contributed by atoms with Crippen LogP contribution in [0.3, 0.4) is 0 Å². The number of ether oxygens (including phenoxy) is 2. The molecule has 0 aliphatic carbocycles. The van der Waals surface area contributed by atoms with Gasteiger partial charge in [-0.3, -0.25) is 13.9 Å². The Balaban J connectivity index is 2.04. The van der Waals surface area contributed by atoms with Gasteiger partial charge in [0.25, 0.3) is 10.0 Å². The first kappa shape index (κ1) is 32.5. The highest BCUT2D eigenvalue weighted by Gasteiger charge is 2.33. The van der Waals surface area contributed by atoms with Crippen molar-refractivity contribution in [2.45, 2.75) is 58.0 Å². The smallest absolute Gasteiger partial charge is 0.264 e. The lowest BCUT2D eigenvalue weighted by atomic mass is 10.1. The first-order valence-corrected chi connectivity index (χ1v) is 15.6. The average molecular weight is 596 g/mol. The summed E-state index contributed by atoms with van der Waals surface area (Å²) in [5.41, 5.74) is 1.99. The van der Waals surface area contributed by atoms with Crippen LogP contribution >= 0.6 is 0 Å². The van der Waals surface area contributed by atoms with E-state index in [1.807, 2.05) is 39.8 Å². The number of nitrogens with zero attached hydrogens (tertiary/aromatic N) is 2. The summed E-state index contributed by atoms with van der Waals surface area (Å²) in [5.74, 6) is 0.458. The number of aryl methyl sites for hydroxylation is 1. The van der Waals surface area contributed by atoms with Crippen LogP contribution < -0.4 is 19.1 Å². The van der Waals surface area contributed by atoms with E-state index in [2.05, 4.69) is 5.32 Å². The molecule has 10 heteroatoms. The SMILES string of the molecule is CCCNC(=O)[C@H](CC)N(Cc1ccc(OC)cc1)C(=O)CN(c1ccc(OCC)cc1)S(=O)(=O)c1ccc(C)cc1. The number of hydrogen-bond acceptors (Lipinski definition) is 6. The van der Waals surface area contributed by atoms with Crippen molar-refractivity contribution in [1.82, 2.24) is 10.2 Å². The van der Waals surface area contributed by atoms with Gasteiger partial charge in [0, 0.05) is 13.1 Å². The molecule has 2 amide bonds. The lowest BCUT2D eigenvalue weighted by molar-refractivity contribution is -0.140. The molecule has 0 heterocycles. The monoisotopic (exact) mass is 595 g/mol. The molecule has 1 atom stereocenters. The minimum absolute atomic E-state index is 0.0595. The van der Waals surface area contributed by atoms with Crippen LogP contribution in [-0.2, 0) is 26.2 Å². The second kappa shape index (κ2) is 15.3. The third-order valence-electron chi connectivity index (χ3n) is 6.77. The van der Waals surface area contributed by atoms with Crippen LogP contribution in [0.2, 0.25) is 0 Å². The number of nitrogens with one attached hydrogen (secondary N) is 1. The summed E-state index contributed by atoms with van der Waals surface area (Å²) in [6.07, 6.45) is 1.10. The maximum Gasteiger partial charge on any atom is 0.264 e. The molecule has 0 unspecified atom stereocenters. The lowest BCUT2D eigenvalue weighted by Gasteiger charge is -2.33. The van der Waals surface area contributed by atoms with Gasteiger partial charge in [0.2, 0.25) is 11.8 Å². The second-order valence-corrected chi connectivity index (χ2v) is 11.7.